The van der Waals surface area contributed by atoms with Crippen LogP contribution in [0.3, 0.4) is 0 Å². The summed E-state index contributed by atoms with van der Waals surface area (Å²) in [6, 6.07) is 11.9. The van der Waals surface area contributed by atoms with Crippen LogP contribution >= 0.6 is 0 Å². The van der Waals surface area contributed by atoms with Gasteiger partial charge in [-0.25, -0.2) is 14.5 Å². The van der Waals surface area contributed by atoms with Crippen LogP contribution in [0.15, 0.2) is 53.3 Å². The third-order valence-electron chi connectivity index (χ3n) is 6.15. The molecular formula is C25H29N7O2. The average Bonchev–Trinajstić information content (AvgIpc) is 3.48. The van der Waals surface area contributed by atoms with Crippen molar-refractivity contribution < 1.29 is 9.21 Å². The fraction of sp³-hybridized carbons (Fsp3) is 0.360. The zero-order chi connectivity index (χ0) is 23.7. The molecule has 4 N–H and O–H groups in total. The molecule has 0 spiro atoms. The predicted octanol–water partition coefficient (Wildman–Crippen LogP) is 4.44. The summed E-state index contributed by atoms with van der Waals surface area (Å²) < 4.78 is 7.12. The minimum absolute atomic E-state index is 0.203. The minimum Gasteiger partial charge on any atom is -0.448 e. The standard InChI is InChI=1S/C25H29N7O2/c1-15(2)25-30-20(14-34-25)16-4-3-5-19(12-16)29-24(33)21-13-27-23-11-10-22(31-32(21)23)28-18-8-6-17(26)7-9-18/h3-5,10-15,17-18H,6-9,26H2,1-2H3,(H,28,31)(H,29,33). The van der Waals surface area contributed by atoms with Crippen molar-refractivity contribution in [3.05, 3.63) is 60.4 Å². The maximum absolute atomic E-state index is 13.1. The first-order valence-corrected chi connectivity index (χ1v) is 11.7. The first-order valence-electron chi connectivity index (χ1n) is 11.7. The van der Waals surface area contributed by atoms with Crippen LogP contribution in [0.25, 0.3) is 16.9 Å². The molecule has 0 bridgehead atoms. The van der Waals surface area contributed by atoms with Crippen molar-refractivity contribution in [3.8, 4) is 11.3 Å². The number of nitrogens with one attached hydrogen (secondary N) is 2. The molecule has 0 atom stereocenters. The lowest BCUT2D eigenvalue weighted by atomic mass is 9.92. The Morgan fingerprint density at radius 2 is 2.00 bits per heavy atom. The second kappa shape index (κ2) is 9.26. The van der Waals surface area contributed by atoms with Crippen molar-refractivity contribution >= 4 is 23.1 Å². The molecule has 0 saturated heterocycles. The number of nitrogens with two attached hydrogens (primary N) is 1. The molecule has 34 heavy (non-hydrogen) atoms. The summed E-state index contributed by atoms with van der Waals surface area (Å²) in [6.07, 6.45) is 7.21. The quantitative estimate of drug-likeness (QED) is 0.389. The van der Waals surface area contributed by atoms with E-state index in [0.717, 1.165) is 36.9 Å². The number of amides is 1. The van der Waals surface area contributed by atoms with Gasteiger partial charge in [-0.3, -0.25) is 4.79 Å². The Kier molecular flexibility index (Phi) is 6.02. The average molecular weight is 460 g/mol. The van der Waals surface area contributed by atoms with Crippen LogP contribution in [0.5, 0.6) is 0 Å². The Labute approximate surface area is 197 Å². The highest BCUT2D eigenvalue weighted by atomic mass is 16.3. The summed E-state index contributed by atoms with van der Waals surface area (Å²) in [7, 11) is 0. The van der Waals surface area contributed by atoms with E-state index >= 15 is 0 Å². The van der Waals surface area contributed by atoms with E-state index in [0.29, 0.717) is 34.8 Å². The molecule has 3 heterocycles. The van der Waals surface area contributed by atoms with Gasteiger partial charge in [0.15, 0.2) is 17.2 Å². The Bertz CT molecular complexity index is 1300. The second-order valence-corrected chi connectivity index (χ2v) is 9.15. The maximum Gasteiger partial charge on any atom is 0.276 e. The number of oxazole rings is 1. The summed E-state index contributed by atoms with van der Waals surface area (Å²) in [5.74, 6) is 1.31. The maximum atomic E-state index is 13.1. The zero-order valence-corrected chi connectivity index (χ0v) is 19.4. The Balaban J connectivity index is 1.33. The number of fused-ring (bicyclic) bond motifs is 1. The lowest BCUT2D eigenvalue weighted by molar-refractivity contribution is 0.102. The van der Waals surface area contributed by atoms with Gasteiger partial charge in [0.1, 0.15) is 17.8 Å². The van der Waals surface area contributed by atoms with E-state index in [1.807, 2.05) is 50.2 Å². The van der Waals surface area contributed by atoms with E-state index < -0.39 is 0 Å². The number of benzene rings is 1. The lowest BCUT2D eigenvalue weighted by Crippen LogP contribution is -2.33. The van der Waals surface area contributed by atoms with Crippen LogP contribution in [0.4, 0.5) is 11.5 Å². The van der Waals surface area contributed by atoms with E-state index in [9.17, 15) is 4.79 Å². The first-order chi connectivity index (χ1) is 16.5. The summed E-state index contributed by atoms with van der Waals surface area (Å²) in [6.45, 7) is 4.06. The molecule has 3 aromatic heterocycles. The van der Waals surface area contributed by atoms with Crippen molar-refractivity contribution in [2.24, 2.45) is 5.73 Å². The second-order valence-electron chi connectivity index (χ2n) is 9.15. The van der Waals surface area contributed by atoms with E-state index in [4.69, 9.17) is 10.2 Å². The number of hydrogen-bond donors (Lipinski definition) is 3. The molecule has 0 aliphatic heterocycles. The van der Waals surface area contributed by atoms with Crippen LogP contribution in [-0.4, -0.2) is 37.6 Å². The monoisotopic (exact) mass is 459 g/mol. The van der Waals surface area contributed by atoms with Crippen LogP contribution in [0.1, 0.15) is 61.8 Å². The van der Waals surface area contributed by atoms with Gasteiger partial charge in [-0.2, -0.15) is 0 Å². The van der Waals surface area contributed by atoms with Gasteiger partial charge in [-0.1, -0.05) is 26.0 Å². The van der Waals surface area contributed by atoms with E-state index in [2.05, 4.69) is 25.7 Å². The molecule has 1 amide bonds. The molecule has 9 heteroatoms. The van der Waals surface area contributed by atoms with Gasteiger partial charge in [0.05, 0.1) is 6.20 Å². The van der Waals surface area contributed by atoms with Gasteiger partial charge in [0.25, 0.3) is 5.91 Å². The molecule has 9 nitrogen and oxygen atoms in total. The number of hydrogen-bond acceptors (Lipinski definition) is 7. The number of carbonyl (C=O) groups is 1. The van der Waals surface area contributed by atoms with Crippen LogP contribution in [-0.2, 0) is 0 Å². The van der Waals surface area contributed by atoms with Gasteiger partial charge in [0.2, 0.25) is 0 Å². The number of carbonyl (C=O) groups excluding carboxylic acids is 1. The summed E-state index contributed by atoms with van der Waals surface area (Å²) in [5.41, 5.74) is 9.23. The molecule has 1 aliphatic carbocycles. The zero-order valence-electron chi connectivity index (χ0n) is 19.4. The van der Waals surface area contributed by atoms with Gasteiger partial charge < -0.3 is 20.8 Å². The molecule has 1 fully saturated rings. The fourth-order valence-electron chi connectivity index (χ4n) is 4.21. The highest BCUT2D eigenvalue weighted by Gasteiger charge is 2.20. The highest BCUT2D eigenvalue weighted by Crippen LogP contribution is 2.25. The molecule has 5 rings (SSSR count). The number of rotatable bonds is 6. The molecule has 0 unspecified atom stereocenters. The fourth-order valence-corrected chi connectivity index (χ4v) is 4.21. The SMILES string of the molecule is CC(C)c1nc(-c2cccc(NC(=O)c3cnc4ccc(NC5CCC(N)CC5)nn34)c2)co1. The minimum atomic E-state index is -0.291. The molecule has 0 radical (unpaired) electrons. The molecule has 1 aliphatic rings. The van der Waals surface area contributed by atoms with Crippen molar-refractivity contribution in [2.45, 2.75) is 57.5 Å². The molecule has 1 aromatic carbocycles. The number of nitrogens with zero attached hydrogens (tertiary/aromatic N) is 4. The third kappa shape index (κ3) is 4.65. The van der Waals surface area contributed by atoms with Gasteiger partial charge in [-0.15, -0.1) is 5.10 Å². The molecule has 4 aromatic rings. The molecular weight excluding hydrogens is 430 g/mol. The van der Waals surface area contributed by atoms with Crippen LogP contribution in [0, 0.1) is 0 Å². The van der Waals surface area contributed by atoms with Gasteiger partial charge in [-0.05, 0) is 49.9 Å². The Morgan fingerprint density at radius 1 is 1.18 bits per heavy atom. The smallest absolute Gasteiger partial charge is 0.276 e. The van der Waals surface area contributed by atoms with Crippen molar-refractivity contribution in [2.75, 3.05) is 10.6 Å². The van der Waals surface area contributed by atoms with Crippen molar-refractivity contribution in [3.63, 3.8) is 0 Å². The predicted molar refractivity (Wildman–Crippen MR) is 131 cm³/mol. The molecule has 1 saturated carbocycles. The van der Waals surface area contributed by atoms with Crippen molar-refractivity contribution in [1.29, 1.82) is 0 Å². The Hall–Kier alpha value is -3.72. The first kappa shape index (κ1) is 22.1. The largest absolute Gasteiger partial charge is 0.448 e. The van der Waals surface area contributed by atoms with E-state index in [-0.39, 0.29) is 17.9 Å². The number of imidazole rings is 1. The number of anilines is 2. The summed E-state index contributed by atoms with van der Waals surface area (Å²) in [4.78, 5) is 22.0. The third-order valence-corrected chi connectivity index (χ3v) is 6.15. The Morgan fingerprint density at radius 3 is 2.76 bits per heavy atom. The topological polar surface area (TPSA) is 123 Å². The van der Waals surface area contributed by atoms with Gasteiger partial charge in [0, 0.05) is 29.3 Å². The summed E-state index contributed by atoms with van der Waals surface area (Å²) in [5, 5.41) is 11.0. The number of aromatic nitrogens is 4. The summed E-state index contributed by atoms with van der Waals surface area (Å²) >= 11 is 0. The van der Waals surface area contributed by atoms with Gasteiger partial charge >= 0.3 is 0 Å². The highest BCUT2D eigenvalue weighted by molar-refractivity contribution is 6.03. The van der Waals surface area contributed by atoms with Crippen LogP contribution in [0.2, 0.25) is 0 Å². The van der Waals surface area contributed by atoms with E-state index in [1.54, 1.807) is 10.8 Å². The molecule has 176 valence electrons. The van der Waals surface area contributed by atoms with E-state index in [1.165, 1.54) is 6.20 Å². The lowest BCUT2D eigenvalue weighted by Gasteiger charge is -2.27. The van der Waals surface area contributed by atoms with Crippen LogP contribution < -0.4 is 16.4 Å². The normalized spacial score (nSPS) is 18.4. The van der Waals surface area contributed by atoms with Crippen molar-refractivity contribution in [1.82, 2.24) is 19.6 Å².